The summed E-state index contributed by atoms with van der Waals surface area (Å²) in [7, 11) is 1.19. The zero-order valence-electron chi connectivity index (χ0n) is 17.6. The molecule has 0 saturated heterocycles. The molecule has 1 aliphatic rings. The minimum absolute atomic E-state index is 0.0275. The Morgan fingerprint density at radius 2 is 1.85 bits per heavy atom. The molecule has 0 spiro atoms. The highest BCUT2D eigenvalue weighted by atomic mass is 16.6. The second kappa shape index (κ2) is 8.86. The van der Waals surface area contributed by atoms with E-state index < -0.39 is 22.7 Å². The fourth-order valence-corrected chi connectivity index (χ4v) is 3.50. The van der Waals surface area contributed by atoms with Crippen molar-refractivity contribution in [2.45, 2.75) is 13.0 Å². The average Bonchev–Trinajstić information content (AvgIpc) is 3.31. The van der Waals surface area contributed by atoms with E-state index in [1.165, 1.54) is 36.1 Å². The highest BCUT2D eigenvalue weighted by molar-refractivity contribution is 6.15. The van der Waals surface area contributed by atoms with Crippen LogP contribution in [0.1, 0.15) is 28.9 Å². The van der Waals surface area contributed by atoms with E-state index in [1.54, 1.807) is 24.3 Å². The van der Waals surface area contributed by atoms with Gasteiger partial charge in [-0.25, -0.2) is 4.79 Å². The number of benzene rings is 2. The molecule has 1 N–H and O–H groups in total. The van der Waals surface area contributed by atoms with Crippen molar-refractivity contribution in [2.24, 2.45) is 0 Å². The Bertz CT molecular complexity index is 1250. The van der Waals surface area contributed by atoms with Gasteiger partial charge >= 0.3 is 5.97 Å². The molecule has 0 aliphatic carbocycles. The van der Waals surface area contributed by atoms with Gasteiger partial charge in [-0.15, -0.1) is 0 Å². The van der Waals surface area contributed by atoms with Crippen LogP contribution in [0.5, 0.6) is 5.75 Å². The van der Waals surface area contributed by atoms with Crippen LogP contribution < -0.4 is 10.1 Å². The Labute approximate surface area is 187 Å². The molecule has 0 fully saturated rings. The number of hydrogen-bond acceptors (Lipinski definition) is 10. The maximum Gasteiger partial charge on any atom is 0.355 e. The van der Waals surface area contributed by atoms with E-state index in [4.69, 9.17) is 9.47 Å². The molecule has 0 radical (unpaired) electrons. The van der Waals surface area contributed by atoms with E-state index in [0.717, 1.165) is 0 Å². The summed E-state index contributed by atoms with van der Waals surface area (Å²) in [5.74, 6) is -0.551. The molecule has 1 atom stereocenters. The Morgan fingerprint density at radius 1 is 1.15 bits per heavy atom. The SMILES string of the molecule is CCOc1ccc([C@@H]2C(C(=O)c3ccc([N+](=O)[O-])cc3)=C(C(=O)OC)Nc3nnnn32)cc1. The van der Waals surface area contributed by atoms with Gasteiger partial charge in [0, 0.05) is 17.7 Å². The first-order valence-corrected chi connectivity index (χ1v) is 9.83. The van der Waals surface area contributed by atoms with Gasteiger partial charge in [-0.05, 0) is 47.2 Å². The van der Waals surface area contributed by atoms with Gasteiger partial charge in [0.2, 0.25) is 5.95 Å². The Kier molecular flexibility index (Phi) is 5.81. The maximum atomic E-state index is 13.6. The summed E-state index contributed by atoms with van der Waals surface area (Å²) in [6, 6.07) is 11.2. The van der Waals surface area contributed by atoms with Crippen molar-refractivity contribution in [2.75, 3.05) is 19.0 Å². The van der Waals surface area contributed by atoms with Gasteiger partial charge in [0.1, 0.15) is 17.5 Å². The number of non-ortho nitro benzene ring substituents is 1. The van der Waals surface area contributed by atoms with Crippen LogP contribution >= 0.6 is 0 Å². The molecule has 2 heterocycles. The second-order valence-electron chi connectivity index (χ2n) is 6.89. The molecule has 33 heavy (non-hydrogen) atoms. The van der Waals surface area contributed by atoms with E-state index in [2.05, 4.69) is 20.8 Å². The van der Waals surface area contributed by atoms with Crippen LogP contribution in [0.2, 0.25) is 0 Å². The van der Waals surface area contributed by atoms with Gasteiger partial charge < -0.3 is 14.8 Å². The maximum absolute atomic E-state index is 13.6. The zero-order chi connectivity index (χ0) is 23.5. The van der Waals surface area contributed by atoms with E-state index in [9.17, 15) is 19.7 Å². The predicted molar refractivity (Wildman–Crippen MR) is 114 cm³/mol. The zero-order valence-corrected chi connectivity index (χ0v) is 17.6. The van der Waals surface area contributed by atoms with Gasteiger partial charge in [-0.3, -0.25) is 14.9 Å². The van der Waals surface area contributed by atoms with Crippen LogP contribution in [-0.4, -0.2) is 50.6 Å². The fraction of sp³-hybridized carbons (Fsp3) is 0.190. The van der Waals surface area contributed by atoms with Crippen LogP contribution in [0.4, 0.5) is 11.6 Å². The number of carbonyl (C=O) groups is 2. The van der Waals surface area contributed by atoms with Crippen molar-refractivity contribution in [3.8, 4) is 5.75 Å². The van der Waals surface area contributed by atoms with Crippen molar-refractivity contribution in [3.63, 3.8) is 0 Å². The number of nitrogens with zero attached hydrogens (tertiary/aromatic N) is 5. The van der Waals surface area contributed by atoms with Crippen LogP contribution in [0.15, 0.2) is 59.8 Å². The van der Waals surface area contributed by atoms with Crippen molar-refractivity contribution in [3.05, 3.63) is 81.0 Å². The molecule has 2 aromatic carbocycles. The van der Waals surface area contributed by atoms with Gasteiger partial charge in [0.25, 0.3) is 5.69 Å². The number of methoxy groups -OCH3 is 1. The number of anilines is 1. The number of ether oxygens (including phenoxy) is 2. The summed E-state index contributed by atoms with van der Waals surface area (Å²) in [5, 5.41) is 25.3. The molecule has 1 aliphatic heterocycles. The third-order valence-electron chi connectivity index (χ3n) is 5.00. The summed E-state index contributed by atoms with van der Waals surface area (Å²) in [6.07, 6.45) is 0. The minimum atomic E-state index is -0.872. The number of fused-ring (bicyclic) bond motifs is 1. The minimum Gasteiger partial charge on any atom is -0.494 e. The Balaban J connectivity index is 1.87. The molecule has 1 aromatic heterocycles. The van der Waals surface area contributed by atoms with Gasteiger partial charge in [0.05, 0.1) is 24.2 Å². The van der Waals surface area contributed by atoms with Crippen LogP contribution in [0, 0.1) is 10.1 Å². The quantitative estimate of drug-likeness (QED) is 0.246. The normalized spacial score (nSPS) is 14.8. The number of ketones is 1. The highest BCUT2D eigenvalue weighted by Gasteiger charge is 2.38. The number of aromatic nitrogens is 4. The molecule has 0 amide bonds. The molecule has 0 unspecified atom stereocenters. The molecule has 0 bridgehead atoms. The lowest BCUT2D eigenvalue weighted by atomic mass is 9.89. The van der Waals surface area contributed by atoms with E-state index in [1.807, 2.05) is 6.92 Å². The topological polar surface area (TPSA) is 151 Å². The standard InChI is InChI=1S/C21H18N6O6/c1-3-33-15-10-6-12(7-11-15)18-16(19(28)13-4-8-14(9-5-13)27(30)31)17(20(29)32-2)22-21-23-24-25-26(18)21/h4-11,18H,3H2,1-2H3,(H,22,23,25)/t18-/m1/s1. The lowest BCUT2D eigenvalue weighted by Crippen LogP contribution is -2.32. The predicted octanol–water partition coefficient (Wildman–Crippen LogP) is 2.30. The lowest BCUT2D eigenvalue weighted by Gasteiger charge is -2.28. The molecule has 168 valence electrons. The van der Waals surface area contributed by atoms with Crippen LogP contribution in [-0.2, 0) is 9.53 Å². The largest absolute Gasteiger partial charge is 0.494 e. The first-order chi connectivity index (χ1) is 15.9. The second-order valence-corrected chi connectivity index (χ2v) is 6.89. The number of allylic oxidation sites excluding steroid dienone is 1. The molecule has 3 aromatic rings. The average molecular weight is 450 g/mol. The molecule has 0 saturated carbocycles. The van der Waals surface area contributed by atoms with Crippen molar-refractivity contribution >= 4 is 23.4 Å². The van der Waals surface area contributed by atoms with Crippen molar-refractivity contribution < 1.29 is 24.0 Å². The van der Waals surface area contributed by atoms with Crippen molar-refractivity contribution in [1.29, 1.82) is 0 Å². The first-order valence-electron chi connectivity index (χ1n) is 9.83. The molecule has 12 heteroatoms. The van der Waals surface area contributed by atoms with E-state index in [0.29, 0.717) is 17.9 Å². The summed E-state index contributed by atoms with van der Waals surface area (Å²) in [6.45, 7) is 2.35. The monoisotopic (exact) mass is 450 g/mol. The number of tetrazole rings is 1. The summed E-state index contributed by atoms with van der Waals surface area (Å²) in [4.78, 5) is 36.7. The molecular weight excluding hydrogens is 432 g/mol. The molecular formula is C21H18N6O6. The molecule has 4 rings (SSSR count). The number of nitro benzene ring substituents is 1. The van der Waals surface area contributed by atoms with Gasteiger partial charge in [0.15, 0.2) is 5.78 Å². The number of rotatable bonds is 7. The first kappa shape index (κ1) is 21.6. The number of nitrogens with one attached hydrogen (secondary N) is 1. The number of Topliss-reactive ketones (excluding diaryl/α,β-unsaturated/α-hetero) is 1. The number of hydrogen-bond donors (Lipinski definition) is 1. The summed E-state index contributed by atoms with van der Waals surface area (Å²) in [5.41, 5.74) is 0.495. The van der Waals surface area contributed by atoms with E-state index in [-0.39, 0.29) is 28.5 Å². The van der Waals surface area contributed by atoms with Crippen molar-refractivity contribution in [1.82, 2.24) is 20.2 Å². The van der Waals surface area contributed by atoms with Crippen LogP contribution in [0.3, 0.4) is 0 Å². The third kappa shape index (κ3) is 4.01. The Hall–Kier alpha value is -4.61. The van der Waals surface area contributed by atoms with Gasteiger partial charge in [-0.2, -0.15) is 4.68 Å². The number of nitro groups is 1. The fourth-order valence-electron chi connectivity index (χ4n) is 3.50. The summed E-state index contributed by atoms with van der Waals surface area (Å²) < 4.78 is 11.7. The Morgan fingerprint density at radius 3 is 2.45 bits per heavy atom. The van der Waals surface area contributed by atoms with Gasteiger partial charge in [-0.1, -0.05) is 17.2 Å². The number of carbonyl (C=O) groups excluding carboxylic acids is 2. The third-order valence-corrected chi connectivity index (χ3v) is 5.00. The highest BCUT2D eigenvalue weighted by Crippen LogP contribution is 2.37. The lowest BCUT2D eigenvalue weighted by molar-refractivity contribution is -0.384. The van der Waals surface area contributed by atoms with E-state index >= 15 is 0 Å². The summed E-state index contributed by atoms with van der Waals surface area (Å²) >= 11 is 0. The van der Waals surface area contributed by atoms with Crippen LogP contribution in [0.25, 0.3) is 0 Å². The smallest absolute Gasteiger partial charge is 0.355 e. The number of esters is 1. The molecule has 12 nitrogen and oxygen atoms in total.